The molecule has 2 aromatic carbocycles. The van der Waals surface area contributed by atoms with Gasteiger partial charge in [-0.2, -0.15) is 0 Å². The Morgan fingerprint density at radius 1 is 1.05 bits per heavy atom. The molecule has 0 unspecified atom stereocenters. The Balaban J connectivity index is 1.67. The predicted octanol–water partition coefficient (Wildman–Crippen LogP) is 3.25. The molecule has 4 heteroatoms. The smallest absolute Gasteiger partial charge is 0.222 e. The number of anilines is 1. The summed E-state index contributed by atoms with van der Waals surface area (Å²) in [6, 6.07) is 14.1. The molecule has 0 aliphatic carbocycles. The Hall–Kier alpha value is -2.36. The maximum absolute atomic E-state index is 12.7. The van der Waals surface area contributed by atoms with E-state index in [2.05, 4.69) is 10.6 Å². The van der Waals surface area contributed by atoms with Crippen LogP contribution in [-0.2, 0) is 11.3 Å². The molecule has 0 saturated carbocycles. The van der Waals surface area contributed by atoms with Crippen LogP contribution in [0.2, 0.25) is 0 Å². The quantitative estimate of drug-likeness (QED) is 0.856. The van der Waals surface area contributed by atoms with E-state index in [1.54, 1.807) is 12.1 Å². The average Bonchev–Trinajstić information content (AvgIpc) is 2.49. The number of benzene rings is 2. The van der Waals surface area contributed by atoms with Crippen molar-refractivity contribution in [3.8, 4) is 0 Å². The third-order valence-electron chi connectivity index (χ3n) is 3.14. The van der Waals surface area contributed by atoms with E-state index in [-0.39, 0.29) is 11.7 Å². The zero-order valence-corrected chi connectivity index (χ0v) is 12.0. The van der Waals surface area contributed by atoms with Gasteiger partial charge in [0.15, 0.2) is 0 Å². The molecule has 0 aliphatic heterocycles. The first-order valence-electron chi connectivity index (χ1n) is 6.95. The number of halogens is 1. The highest BCUT2D eigenvalue weighted by Gasteiger charge is 2.01. The van der Waals surface area contributed by atoms with Gasteiger partial charge in [0.1, 0.15) is 5.82 Å². The lowest BCUT2D eigenvalue weighted by Gasteiger charge is -2.08. The standard InChI is InChI=1S/C17H19FN2O/c1-13-2-4-14(5-3-13)12-20-17(21)10-11-19-16-8-6-15(18)7-9-16/h2-9,19H,10-12H2,1H3,(H,20,21). The first kappa shape index (κ1) is 15.0. The van der Waals surface area contributed by atoms with Crippen LogP contribution in [0, 0.1) is 12.7 Å². The molecular weight excluding hydrogens is 267 g/mol. The van der Waals surface area contributed by atoms with Gasteiger partial charge < -0.3 is 10.6 Å². The van der Waals surface area contributed by atoms with Crippen LogP contribution in [-0.4, -0.2) is 12.5 Å². The highest BCUT2D eigenvalue weighted by atomic mass is 19.1. The topological polar surface area (TPSA) is 41.1 Å². The van der Waals surface area contributed by atoms with Crippen molar-refractivity contribution in [2.24, 2.45) is 0 Å². The van der Waals surface area contributed by atoms with E-state index in [0.29, 0.717) is 19.5 Å². The van der Waals surface area contributed by atoms with Gasteiger partial charge >= 0.3 is 0 Å². The molecule has 2 N–H and O–H groups in total. The molecule has 0 radical (unpaired) electrons. The lowest BCUT2D eigenvalue weighted by atomic mass is 10.1. The molecule has 0 atom stereocenters. The van der Waals surface area contributed by atoms with Gasteiger partial charge in [-0.15, -0.1) is 0 Å². The van der Waals surface area contributed by atoms with E-state index in [1.165, 1.54) is 17.7 Å². The van der Waals surface area contributed by atoms with Crippen molar-refractivity contribution in [2.75, 3.05) is 11.9 Å². The molecule has 0 spiro atoms. The van der Waals surface area contributed by atoms with Crippen molar-refractivity contribution in [3.05, 3.63) is 65.5 Å². The fourth-order valence-electron chi connectivity index (χ4n) is 1.88. The van der Waals surface area contributed by atoms with Crippen LogP contribution < -0.4 is 10.6 Å². The van der Waals surface area contributed by atoms with E-state index in [0.717, 1.165) is 11.3 Å². The predicted molar refractivity (Wildman–Crippen MR) is 82.5 cm³/mol. The van der Waals surface area contributed by atoms with Gasteiger partial charge in [-0.05, 0) is 36.8 Å². The van der Waals surface area contributed by atoms with Crippen molar-refractivity contribution in [1.29, 1.82) is 0 Å². The van der Waals surface area contributed by atoms with Crippen molar-refractivity contribution < 1.29 is 9.18 Å². The van der Waals surface area contributed by atoms with Crippen LogP contribution in [0.4, 0.5) is 10.1 Å². The summed E-state index contributed by atoms with van der Waals surface area (Å²) >= 11 is 0. The molecule has 21 heavy (non-hydrogen) atoms. The highest BCUT2D eigenvalue weighted by molar-refractivity contribution is 5.76. The van der Waals surface area contributed by atoms with Crippen molar-refractivity contribution >= 4 is 11.6 Å². The van der Waals surface area contributed by atoms with Crippen LogP contribution in [0.25, 0.3) is 0 Å². The zero-order chi connectivity index (χ0) is 15.1. The molecule has 110 valence electrons. The second-order valence-corrected chi connectivity index (χ2v) is 4.95. The van der Waals surface area contributed by atoms with Gasteiger partial charge in [0.2, 0.25) is 5.91 Å². The minimum atomic E-state index is -0.267. The largest absolute Gasteiger partial charge is 0.385 e. The van der Waals surface area contributed by atoms with E-state index in [1.807, 2.05) is 31.2 Å². The number of hydrogen-bond acceptors (Lipinski definition) is 2. The third-order valence-corrected chi connectivity index (χ3v) is 3.14. The van der Waals surface area contributed by atoms with Gasteiger partial charge in [-0.1, -0.05) is 29.8 Å². The monoisotopic (exact) mass is 286 g/mol. The molecule has 2 rings (SSSR count). The summed E-state index contributed by atoms with van der Waals surface area (Å²) in [6.07, 6.45) is 0.378. The maximum atomic E-state index is 12.7. The minimum absolute atomic E-state index is 0.00909. The van der Waals surface area contributed by atoms with Crippen molar-refractivity contribution in [3.63, 3.8) is 0 Å². The Morgan fingerprint density at radius 3 is 2.38 bits per heavy atom. The first-order valence-corrected chi connectivity index (χ1v) is 6.95. The Kier molecular flexibility index (Phi) is 5.32. The van der Waals surface area contributed by atoms with Gasteiger partial charge in [0, 0.05) is 25.2 Å². The molecule has 0 aromatic heterocycles. The minimum Gasteiger partial charge on any atom is -0.385 e. The normalized spacial score (nSPS) is 10.2. The number of aryl methyl sites for hydroxylation is 1. The summed E-state index contributed by atoms with van der Waals surface area (Å²) in [5.41, 5.74) is 3.09. The fourth-order valence-corrected chi connectivity index (χ4v) is 1.88. The lowest BCUT2D eigenvalue weighted by molar-refractivity contribution is -0.121. The average molecular weight is 286 g/mol. The molecule has 0 saturated heterocycles. The van der Waals surface area contributed by atoms with Crippen LogP contribution in [0.3, 0.4) is 0 Å². The molecular formula is C17H19FN2O. The van der Waals surface area contributed by atoms with Crippen LogP contribution in [0.1, 0.15) is 17.5 Å². The van der Waals surface area contributed by atoms with E-state index in [9.17, 15) is 9.18 Å². The highest BCUT2D eigenvalue weighted by Crippen LogP contribution is 2.08. The maximum Gasteiger partial charge on any atom is 0.222 e. The number of carbonyl (C=O) groups is 1. The molecule has 0 bridgehead atoms. The van der Waals surface area contributed by atoms with E-state index >= 15 is 0 Å². The summed E-state index contributed by atoms with van der Waals surface area (Å²) in [5, 5.41) is 5.96. The molecule has 0 fully saturated rings. The second-order valence-electron chi connectivity index (χ2n) is 4.95. The van der Waals surface area contributed by atoms with Crippen LogP contribution in [0.15, 0.2) is 48.5 Å². The van der Waals surface area contributed by atoms with Gasteiger partial charge in [0.05, 0.1) is 0 Å². The van der Waals surface area contributed by atoms with Crippen LogP contribution >= 0.6 is 0 Å². The Morgan fingerprint density at radius 2 is 1.71 bits per heavy atom. The summed E-state index contributed by atoms with van der Waals surface area (Å²) in [4.78, 5) is 11.7. The number of nitrogens with one attached hydrogen (secondary N) is 2. The SMILES string of the molecule is Cc1ccc(CNC(=O)CCNc2ccc(F)cc2)cc1. The summed E-state index contributed by atoms with van der Waals surface area (Å²) in [5.74, 6) is -0.276. The fraction of sp³-hybridized carbons (Fsp3) is 0.235. The molecule has 3 nitrogen and oxygen atoms in total. The zero-order valence-electron chi connectivity index (χ0n) is 12.0. The number of amides is 1. The lowest BCUT2D eigenvalue weighted by Crippen LogP contribution is -2.24. The third kappa shape index (κ3) is 5.26. The van der Waals surface area contributed by atoms with E-state index < -0.39 is 0 Å². The van der Waals surface area contributed by atoms with E-state index in [4.69, 9.17) is 0 Å². The summed E-state index contributed by atoms with van der Waals surface area (Å²) in [7, 11) is 0. The number of rotatable bonds is 6. The molecule has 2 aromatic rings. The summed E-state index contributed by atoms with van der Waals surface area (Å²) < 4.78 is 12.7. The number of hydrogen-bond donors (Lipinski definition) is 2. The number of carbonyl (C=O) groups excluding carboxylic acids is 1. The molecule has 0 heterocycles. The Labute approximate surface area is 124 Å². The second kappa shape index (κ2) is 7.43. The first-order chi connectivity index (χ1) is 10.1. The van der Waals surface area contributed by atoms with Crippen molar-refractivity contribution in [1.82, 2.24) is 5.32 Å². The van der Waals surface area contributed by atoms with Gasteiger partial charge in [0.25, 0.3) is 0 Å². The van der Waals surface area contributed by atoms with Gasteiger partial charge in [-0.3, -0.25) is 4.79 Å². The molecule has 1 amide bonds. The molecule has 0 aliphatic rings. The van der Waals surface area contributed by atoms with Crippen LogP contribution in [0.5, 0.6) is 0 Å². The van der Waals surface area contributed by atoms with Crippen molar-refractivity contribution in [2.45, 2.75) is 19.9 Å². The Bertz CT molecular complexity index is 579. The summed E-state index contributed by atoms with van der Waals surface area (Å²) in [6.45, 7) is 3.09. The van der Waals surface area contributed by atoms with Gasteiger partial charge in [-0.25, -0.2) is 4.39 Å².